The maximum atomic E-state index is 12.8. The van der Waals surface area contributed by atoms with Crippen LogP contribution in [0.5, 0.6) is 0 Å². The van der Waals surface area contributed by atoms with E-state index in [1.807, 2.05) is 0 Å². The first kappa shape index (κ1) is 14.8. The quantitative estimate of drug-likeness (QED) is 0.589. The largest absolute Gasteiger partial charge is 0.433 e. The lowest BCUT2D eigenvalue weighted by molar-refractivity contribution is -0.141. The minimum atomic E-state index is -4.54. The average molecular weight is 289 g/mol. The van der Waals surface area contributed by atoms with Crippen molar-refractivity contribution < 1.29 is 13.2 Å². The summed E-state index contributed by atoms with van der Waals surface area (Å²) < 4.78 is 38.3. The highest BCUT2D eigenvalue weighted by Crippen LogP contribution is 2.63. The molecule has 0 bridgehead atoms. The number of alkyl halides is 3. The molecule has 8 heteroatoms. The minimum absolute atomic E-state index is 0.0212. The van der Waals surface area contributed by atoms with E-state index in [-0.39, 0.29) is 28.6 Å². The molecule has 0 aliphatic heterocycles. The topological polar surface area (TPSA) is 75.9 Å². The van der Waals surface area contributed by atoms with Gasteiger partial charge in [-0.05, 0) is 10.8 Å². The highest BCUT2D eigenvalue weighted by molar-refractivity contribution is 5.47. The smallest absolute Gasteiger partial charge is 0.366 e. The summed E-state index contributed by atoms with van der Waals surface area (Å²) in [4.78, 5) is 7.23. The van der Waals surface area contributed by atoms with Crippen LogP contribution in [0.1, 0.15) is 33.4 Å². The highest BCUT2D eigenvalue weighted by atomic mass is 19.4. The van der Waals surface area contributed by atoms with Crippen LogP contribution < -0.4 is 16.6 Å². The van der Waals surface area contributed by atoms with E-state index in [9.17, 15) is 13.2 Å². The molecule has 0 atom stereocenters. The number of nitrogens with two attached hydrogens (primary N) is 1. The normalized spacial score (nSPS) is 20.6. The molecule has 2 rings (SSSR count). The van der Waals surface area contributed by atoms with Crippen molar-refractivity contribution in [2.24, 2.45) is 16.7 Å². The highest BCUT2D eigenvalue weighted by Gasteiger charge is 2.65. The second kappa shape index (κ2) is 4.21. The third-order valence-electron chi connectivity index (χ3n) is 4.46. The number of aromatic nitrogens is 2. The van der Waals surface area contributed by atoms with Gasteiger partial charge >= 0.3 is 6.18 Å². The van der Waals surface area contributed by atoms with Crippen molar-refractivity contribution in [3.05, 3.63) is 11.8 Å². The van der Waals surface area contributed by atoms with E-state index in [1.165, 1.54) is 0 Å². The molecule has 0 radical (unpaired) electrons. The first-order valence-corrected chi connectivity index (χ1v) is 6.19. The molecule has 1 aliphatic carbocycles. The third kappa shape index (κ3) is 2.28. The van der Waals surface area contributed by atoms with Gasteiger partial charge in [0.05, 0.1) is 0 Å². The molecule has 4 N–H and O–H groups in total. The van der Waals surface area contributed by atoms with Gasteiger partial charge in [-0.2, -0.15) is 18.2 Å². The van der Waals surface area contributed by atoms with E-state index >= 15 is 0 Å². The molecule has 112 valence electrons. The van der Waals surface area contributed by atoms with Gasteiger partial charge in [0.25, 0.3) is 0 Å². The standard InChI is InChI=1S/C12H18F3N5/c1-10(2)8(11(10,3)4)18-7-5-6(12(13,14)15)17-9(19-7)20-16/h5,8H,16H2,1-4H3,(H2,17,18,19,20). The Morgan fingerprint density at radius 1 is 1.15 bits per heavy atom. The van der Waals surface area contributed by atoms with Crippen molar-refractivity contribution >= 4 is 11.8 Å². The zero-order chi connectivity index (χ0) is 15.3. The van der Waals surface area contributed by atoms with Gasteiger partial charge in [-0.25, -0.2) is 10.8 Å². The average Bonchev–Trinajstić information content (AvgIpc) is 2.70. The predicted molar refractivity (Wildman–Crippen MR) is 69.8 cm³/mol. The molecule has 1 saturated carbocycles. The van der Waals surface area contributed by atoms with E-state index < -0.39 is 11.9 Å². The zero-order valence-corrected chi connectivity index (χ0v) is 11.8. The fourth-order valence-corrected chi connectivity index (χ4v) is 2.44. The molecular formula is C12H18F3N5. The number of nitrogens with zero attached hydrogens (tertiary/aromatic N) is 2. The van der Waals surface area contributed by atoms with Crippen LogP contribution in [0, 0.1) is 10.8 Å². The number of rotatable bonds is 3. The summed E-state index contributed by atoms with van der Waals surface area (Å²) in [7, 11) is 0. The number of hydrogen-bond acceptors (Lipinski definition) is 5. The molecule has 20 heavy (non-hydrogen) atoms. The molecule has 1 aromatic heterocycles. The Morgan fingerprint density at radius 3 is 2.10 bits per heavy atom. The molecule has 0 aromatic carbocycles. The fourth-order valence-electron chi connectivity index (χ4n) is 2.44. The predicted octanol–water partition coefficient (Wildman–Crippen LogP) is 2.63. The number of nitrogens with one attached hydrogen (secondary N) is 2. The van der Waals surface area contributed by atoms with Crippen LogP contribution in [-0.2, 0) is 6.18 Å². The molecule has 0 unspecified atom stereocenters. The van der Waals surface area contributed by atoms with Crippen LogP contribution >= 0.6 is 0 Å². The summed E-state index contributed by atoms with van der Waals surface area (Å²) in [5.74, 6) is 4.96. The summed E-state index contributed by atoms with van der Waals surface area (Å²) in [5, 5.41) is 3.04. The number of hydrazine groups is 1. The summed E-state index contributed by atoms with van der Waals surface area (Å²) in [5.41, 5.74) is 0.982. The van der Waals surface area contributed by atoms with Crippen molar-refractivity contribution in [1.29, 1.82) is 0 Å². The maximum Gasteiger partial charge on any atom is 0.433 e. The fraction of sp³-hybridized carbons (Fsp3) is 0.667. The Bertz CT molecular complexity index is 510. The van der Waals surface area contributed by atoms with Gasteiger partial charge in [0.15, 0.2) is 5.69 Å². The van der Waals surface area contributed by atoms with E-state index in [4.69, 9.17) is 5.84 Å². The van der Waals surface area contributed by atoms with Crippen molar-refractivity contribution in [3.63, 3.8) is 0 Å². The van der Waals surface area contributed by atoms with Crippen molar-refractivity contribution in [2.75, 3.05) is 10.7 Å². The van der Waals surface area contributed by atoms with Crippen molar-refractivity contribution in [2.45, 2.75) is 39.9 Å². The van der Waals surface area contributed by atoms with Crippen molar-refractivity contribution in [3.8, 4) is 0 Å². The van der Waals surface area contributed by atoms with Crippen molar-refractivity contribution in [1.82, 2.24) is 9.97 Å². The van der Waals surface area contributed by atoms with E-state index in [0.717, 1.165) is 6.07 Å². The van der Waals surface area contributed by atoms with Gasteiger partial charge in [0.2, 0.25) is 5.95 Å². The van der Waals surface area contributed by atoms with Gasteiger partial charge in [-0.1, -0.05) is 27.7 Å². The van der Waals surface area contributed by atoms with Crippen LogP contribution in [0.25, 0.3) is 0 Å². The maximum absolute atomic E-state index is 12.8. The molecule has 0 amide bonds. The lowest BCUT2D eigenvalue weighted by Crippen LogP contribution is -2.18. The molecule has 0 saturated heterocycles. The molecule has 0 spiro atoms. The second-order valence-corrected chi connectivity index (χ2v) is 6.12. The Kier molecular flexibility index (Phi) is 3.12. The molecule has 1 aromatic rings. The first-order valence-electron chi connectivity index (χ1n) is 6.19. The number of nitrogen functional groups attached to an aromatic ring is 1. The van der Waals surface area contributed by atoms with Crippen LogP contribution in [-0.4, -0.2) is 16.0 Å². The Labute approximate surface area is 115 Å². The molecule has 1 heterocycles. The van der Waals surface area contributed by atoms with Crippen LogP contribution in [0.2, 0.25) is 0 Å². The monoisotopic (exact) mass is 289 g/mol. The van der Waals surface area contributed by atoms with E-state index in [1.54, 1.807) is 0 Å². The number of hydrogen-bond donors (Lipinski definition) is 3. The van der Waals surface area contributed by atoms with Crippen LogP contribution in [0.4, 0.5) is 24.9 Å². The molecule has 5 nitrogen and oxygen atoms in total. The first-order chi connectivity index (χ1) is 9.00. The SMILES string of the molecule is CC1(C)C(Nc2cc(C(F)(F)F)nc(NN)n2)C1(C)C. The third-order valence-corrected chi connectivity index (χ3v) is 4.46. The summed E-state index contributed by atoms with van der Waals surface area (Å²) in [6, 6.07) is 0.933. The lowest BCUT2D eigenvalue weighted by atomic mass is 10.0. The van der Waals surface area contributed by atoms with E-state index in [0.29, 0.717) is 0 Å². The summed E-state index contributed by atoms with van der Waals surface area (Å²) in [6.45, 7) is 8.22. The van der Waals surface area contributed by atoms with Gasteiger partial charge in [0.1, 0.15) is 5.82 Å². The number of anilines is 2. The lowest BCUT2D eigenvalue weighted by Gasteiger charge is -2.12. The van der Waals surface area contributed by atoms with Gasteiger partial charge < -0.3 is 5.32 Å². The molecular weight excluding hydrogens is 271 g/mol. The van der Waals surface area contributed by atoms with Gasteiger partial charge in [-0.15, -0.1) is 0 Å². The Morgan fingerprint density at radius 2 is 1.70 bits per heavy atom. The van der Waals surface area contributed by atoms with Crippen LogP contribution in [0.3, 0.4) is 0 Å². The van der Waals surface area contributed by atoms with Gasteiger partial charge in [-0.3, -0.25) is 5.43 Å². The Hall–Kier alpha value is -1.57. The number of halogens is 3. The van der Waals surface area contributed by atoms with Gasteiger partial charge in [0, 0.05) is 12.1 Å². The summed E-state index contributed by atoms with van der Waals surface area (Å²) in [6.07, 6.45) is -4.54. The molecule has 1 fully saturated rings. The molecule has 1 aliphatic rings. The second-order valence-electron chi connectivity index (χ2n) is 6.12. The van der Waals surface area contributed by atoms with Crippen LogP contribution in [0.15, 0.2) is 6.07 Å². The zero-order valence-electron chi connectivity index (χ0n) is 11.8. The minimum Gasteiger partial charge on any atom is -0.366 e. The van der Waals surface area contributed by atoms with E-state index in [2.05, 4.69) is 48.4 Å². The summed E-state index contributed by atoms with van der Waals surface area (Å²) >= 11 is 0. The Balaban J connectivity index is 2.30.